The van der Waals surface area contributed by atoms with Gasteiger partial charge in [-0.1, -0.05) is 30.3 Å². The van der Waals surface area contributed by atoms with Crippen LogP contribution in [0, 0.1) is 0 Å². The van der Waals surface area contributed by atoms with Crippen molar-refractivity contribution in [3.63, 3.8) is 0 Å². The van der Waals surface area contributed by atoms with E-state index in [-0.39, 0.29) is 22.8 Å². The summed E-state index contributed by atoms with van der Waals surface area (Å²) in [6.45, 7) is 0.396. The van der Waals surface area contributed by atoms with E-state index in [1.165, 1.54) is 11.8 Å². The van der Waals surface area contributed by atoms with Gasteiger partial charge in [0, 0.05) is 18.0 Å². The summed E-state index contributed by atoms with van der Waals surface area (Å²) >= 11 is 1.54. The average Bonchev–Trinajstić information content (AvgIpc) is 3.54. The molecule has 1 N–H and O–H groups in total. The lowest BCUT2D eigenvalue weighted by Crippen LogP contribution is -2.27. The molecule has 0 saturated carbocycles. The number of hydrogen-bond donors (Lipinski definition) is 1. The minimum atomic E-state index is -0.517. The maximum Gasteiger partial charge on any atom is 0.295 e. The molecule has 0 bridgehead atoms. The molecule has 4 aromatic rings. The minimum Gasteiger partial charge on any atom is -0.493 e. The number of carbonyl (C=O) groups is 2. The van der Waals surface area contributed by atoms with Gasteiger partial charge in [-0.3, -0.25) is 9.59 Å². The third kappa shape index (κ3) is 3.91. The van der Waals surface area contributed by atoms with Gasteiger partial charge in [0.1, 0.15) is 11.1 Å². The molecule has 5 rings (SSSR count). The molecular formula is C24H20N4O4S. The van der Waals surface area contributed by atoms with Crippen LogP contribution in [-0.2, 0) is 18.4 Å². The molecule has 1 aliphatic rings. The highest BCUT2D eigenvalue weighted by atomic mass is 32.2. The van der Waals surface area contributed by atoms with Crippen molar-refractivity contribution in [3.05, 3.63) is 83.8 Å². The molecule has 1 atom stereocenters. The quantitative estimate of drug-likeness (QED) is 0.414. The summed E-state index contributed by atoms with van der Waals surface area (Å²) in [7, 11) is 1.72. The van der Waals surface area contributed by atoms with Gasteiger partial charge in [-0.15, -0.1) is 22.0 Å². The average molecular weight is 461 g/mol. The predicted octanol–water partition coefficient (Wildman–Crippen LogP) is 5.18. The van der Waals surface area contributed by atoms with Crippen LogP contribution >= 0.6 is 11.8 Å². The summed E-state index contributed by atoms with van der Waals surface area (Å²) in [6.07, 6.45) is 1.59. The Kier molecular flexibility index (Phi) is 5.47. The molecule has 2 aromatic carbocycles. The third-order valence-corrected chi connectivity index (χ3v) is 6.86. The maximum absolute atomic E-state index is 12.6. The molecule has 2 aromatic heterocycles. The molecule has 0 radical (unpaired) electrons. The van der Waals surface area contributed by atoms with Crippen molar-refractivity contribution in [1.82, 2.24) is 9.47 Å². The number of amides is 2. The lowest BCUT2D eigenvalue weighted by atomic mass is 10.1. The molecule has 9 heteroatoms. The van der Waals surface area contributed by atoms with E-state index >= 15 is 0 Å². The van der Waals surface area contributed by atoms with Gasteiger partial charge in [-0.2, -0.15) is 0 Å². The summed E-state index contributed by atoms with van der Waals surface area (Å²) < 4.78 is 6.98. The Morgan fingerprint density at radius 1 is 1.15 bits per heavy atom. The van der Waals surface area contributed by atoms with E-state index in [1.54, 1.807) is 41.0 Å². The molecule has 0 unspecified atom stereocenters. The van der Waals surface area contributed by atoms with Gasteiger partial charge in [-0.25, -0.2) is 0 Å². The molecule has 2 amide bonds. The van der Waals surface area contributed by atoms with Gasteiger partial charge in [0.25, 0.3) is 5.91 Å². The minimum absolute atomic E-state index is 0.0465. The van der Waals surface area contributed by atoms with Gasteiger partial charge in [-0.05, 0) is 35.9 Å². The van der Waals surface area contributed by atoms with E-state index in [0.29, 0.717) is 23.2 Å². The van der Waals surface area contributed by atoms with Crippen LogP contribution in [0.3, 0.4) is 0 Å². The van der Waals surface area contributed by atoms with Crippen LogP contribution in [0.5, 0.6) is 5.88 Å². The highest BCUT2D eigenvalue weighted by molar-refractivity contribution is 8.00. The lowest BCUT2D eigenvalue weighted by Gasteiger charge is -2.23. The molecule has 1 aliphatic heterocycles. The fraction of sp³-hybridized carbons (Fsp3) is 0.167. The van der Waals surface area contributed by atoms with Crippen LogP contribution in [0.2, 0.25) is 0 Å². The first-order valence-electron chi connectivity index (χ1n) is 10.3. The van der Waals surface area contributed by atoms with Gasteiger partial charge in [0.2, 0.25) is 11.8 Å². The van der Waals surface area contributed by atoms with Crippen LogP contribution in [-0.4, -0.2) is 32.1 Å². The zero-order valence-electron chi connectivity index (χ0n) is 17.7. The van der Waals surface area contributed by atoms with E-state index in [1.807, 2.05) is 42.5 Å². The first-order valence-corrected chi connectivity index (χ1v) is 11.3. The first-order chi connectivity index (χ1) is 16.0. The molecule has 3 heterocycles. The molecule has 1 fully saturated rings. The number of aryl methyl sites for hydroxylation is 1. The summed E-state index contributed by atoms with van der Waals surface area (Å²) in [6, 6.07) is 18.0. The SMILES string of the molecule is Cn1c(O)c(N=NC(=O)c2ccc([C@H]3SCC(=O)N3Cc3ccco3)cc2)c2ccccc21. The maximum atomic E-state index is 12.6. The number of furan rings is 1. The van der Waals surface area contributed by atoms with Crippen LogP contribution in [0.15, 0.2) is 81.6 Å². The van der Waals surface area contributed by atoms with Crippen molar-refractivity contribution in [3.8, 4) is 5.88 Å². The fourth-order valence-corrected chi connectivity index (χ4v) is 5.06. The van der Waals surface area contributed by atoms with Gasteiger partial charge in [0.05, 0.1) is 24.1 Å². The number of nitrogens with zero attached hydrogens (tertiary/aromatic N) is 4. The van der Waals surface area contributed by atoms with Crippen LogP contribution in [0.4, 0.5) is 5.69 Å². The first kappa shape index (κ1) is 21.0. The van der Waals surface area contributed by atoms with Crippen LogP contribution in [0.1, 0.15) is 27.1 Å². The second-order valence-corrected chi connectivity index (χ2v) is 8.71. The normalized spacial score (nSPS) is 16.3. The molecule has 166 valence electrons. The number of carbonyl (C=O) groups excluding carboxylic acids is 2. The topological polar surface area (TPSA) is 100 Å². The second-order valence-electron chi connectivity index (χ2n) is 7.64. The Morgan fingerprint density at radius 3 is 2.70 bits per heavy atom. The summed E-state index contributed by atoms with van der Waals surface area (Å²) in [5, 5.41) is 18.8. The van der Waals surface area contributed by atoms with Crippen molar-refractivity contribution in [2.45, 2.75) is 11.9 Å². The number of para-hydroxylation sites is 1. The smallest absolute Gasteiger partial charge is 0.295 e. The summed E-state index contributed by atoms with van der Waals surface area (Å²) in [4.78, 5) is 26.7. The number of azo groups is 1. The fourth-order valence-electron chi connectivity index (χ4n) is 3.87. The van der Waals surface area contributed by atoms with Gasteiger partial charge in [0.15, 0.2) is 5.69 Å². The molecule has 1 saturated heterocycles. The summed E-state index contributed by atoms with van der Waals surface area (Å²) in [5.74, 6) is 0.596. The van der Waals surface area contributed by atoms with Crippen LogP contribution in [0.25, 0.3) is 10.9 Å². The highest BCUT2D eigenvalue weighted by Gasteiger charge is 2.33. The van der Waals surface area contributed by atoms with Crippen molar-refractivity contribution < 1.29 is 19.1 Å². The number of rotatable bonds is 5. The van der Waals surface area contributed by atoms with Crippen LogP contribution < -0.4 is 0 Å². The van der Waals surface area contributed by atoms with Crippen molar-refractivity contribution in [1.29, 1.82) is 0 Å². The Morgan fingerprint density at radius 2 is 1.94 bits per heavy atom. The molecule has 33 heavy (non-hydrogen) atoms. The Bertz CT molecular complexity index is 1360. The number of aromatic hydroxyl groups is 1. The predicted molar refractivity (Wildman–Crippen MR) is 124 cm³/mol. The number of fused-ring (bicyclic) bond motifs is 1. The van der Waals surface area contributed by atoms with Crippen molar-refractivity contribution in [2.75, 3.05) is 5.75 Å². The standard InChI is InChI=1S/C24H20N4O4S/c1-27-19-7-3-2-6-18(19)21(23(27)31)25-26-22(30)15-8-10-16(11-9-15)24-28(20(29)14-33-24)13-17-5-4-12-32-17/h2-12,24,31H,13-14H2,1H3/t24-/m1/s1. The molecule has 0 spiro atoms. The Labute approximate surface area is 193 Å². The van der Waals surface area contributed by atoms with E-state index in [2.05, 4.69) is 10.2 Å². The zero-order chi connectivity index (χ0) is 22.9. The second kappa shape index (κ2) is 8.59. The Hall–Kier alpha value is -3.85. The number of benzene rings is 2. The zero-order valence-corrected chi connectivity index (χ0v) is 18.5. The summed E-state index contributed by atoms with van der Waals surface area (Å²) in [5.41, 5.74) is 2.34. The van der Waals surface area contributed by atoms with E-state index in [9.17, 15) is 14.7 Å². The van der Waals surface area contributed by atoms with Crippen molar-refractivity contribution >= 4 is 40.2 Å². The van der Waals surface area contributed by atoms with Gasteiger partial charge < -0.3 is 19.0 Å². The van der Waals surface area contributed by atoms with E-state index in [4.69, 9.17) is 4.42 Å². The monoisotopic (exact) mass is 460 g/mol. The third-order valence-electron chi connectivity index (χ3n) is 5.61. The molecular weight excluding hydrogens is 440 g/mol. The number of thioether (sulfide) groups is 1. The van der Waals surface area contributed by atoms with Crippen molar-refractivity contribution in [2.24, 2.45) is 17.3 Å². The largest absolute Gasteiger partial charge is 0.493 e. The van der Waals surface area contributed by atoms with Gasteiger partial charge >= 0.3 is 0 Å². The lowest BCUT2D eigenvalue weighted by molar-refractivity contribution is -0.128. The molecule has 8 nitrogen and oxygen atoms in total. The Balaban J connectivity index is 1.34. The van der Waals surface area contributed by atoms with E-state index in [0.717, 1.165) is 16.8 Å². The molecule has 0 aliphatic carbocycles. The highest BCUT2D eigenvalue weighted by Crippen LogP contribution is 2.40. The van der Waals surface area contributed by atoms with E-state index < -0.39 is 5.91 Å². The number of aromatic nitrogens is 1. The number of hydrogen-bond acceptors (Lipinski definition) is 6.